The smallest absolute Gasteiger partial charge is 0.262 e. The Labute approximate surface area is 118 Å². The first-order chi connectivity index (χ1) is 8.94. The van der Waals surface area contributed by atoms with Crippen molar-refractivity contribution in [2.75, 3.05) is 4.72 Å². The van der Waals surface area contributed by atoms with Crippen LogP contribution < -0.4 is 4.72 Å². The molecule has 0 radical (unpaired) electrons. The molecule has 1 heterocycles. The molecule has 4 nitrogen and oxygen atoms in total. The number of aliphatic hydroxyl groups is 1. The molecule has 2 N–H and O–H groups in total. The Balaban J connectivity index is 2.43. The summed E-state index contributed by atoms with van der Waals surface area (Å²) in [5.41, 5.74) is 0.415. The van der Waals surface area contributed by atoms with E-state index < -0.39 is 22.4 Å². The number of anilines is 1. The van der Waals surface area contributed by atoms with Crippen molar-refractivity contribution >= 4 is 38.6 Å². The minimum Gasteiger partial charge on any atom is -0.392 e. The Kier molecular flexibility index (Phi) is 4.10. The Bertz CT molecular complexity index is 686. The predicted octanol–water partition coefficient (Wildman–Crippen LogP) is 2.83. The predicted molar refractivity (Wildman–Crippen MR) is 72.5 cm³/mol. The quantitative estimate of drug-likeness (QED) is 0.910. The van der Waals surface area contributed by atoms with Gasteiger partial charge < -0.3 is 5.11 Å². The van der Waals surface area contributed by atoms with Crippen LogP contribution >= 0.6 is 22.9 Å². The van der Waals surface area contributed by atoms with Crippen molar-refractivity contribution in [3.63, 3.8) is 0 Å². The van der Waals surface area contributed by atoms with Gasteiger partial charge in [0, 0.05) is 10.9 Å². The molecule has 19 heavy (non-hydrogen) atoms. The molecule has 1 aromatic carbocycles. The lowest BCUT2D eigenvalue weighted by Gasteiger charge is -2.09. The van der Waals surface area contributed by atoms with E-state index in [1.807, 2.05) is 0 Å². The third-order valence-electron chi connectivity index (χ3n) is 2.33. The summed E-state index contributed by atoms with van der Waals surface area (Å²) in [4.78, 5) is -0.287. The van der Waals surface area contributed by atoms with Crippen LogP contribution in [0.15, 0.2) is 33.9 Å². The van der Waals surface area contributed by atoms with Gasteiger partial charge in [0.05, 0.1) is 22.2 Å². The van der Waals surface area contributed by atoms with Gasteiger partial charge in [-0.05, 0) is 23.6 Å². The van der Waals surface area contributed by atoms with Gasteiger partial charge in [-0.15, -0.1) is 0 Å². The van der Waals surface area contributed by atoms with Gasteiger partial charge >= 0.3 is 0 Å². The first-order valence-corrected chi connectivity index (χ1v) is 7.88. The highest BCUT2D eigenvalue weighted by molar-refractivity contribution is 7.92. The summed E-state index contributed by atoms with van der Waals surface area (Å²) in [6.45, 7) is -0.544. The molecule has 102 valence electrons. The monoisotopic (exact) mass is 321 g/mol. The summed E-state index contributed by atoms with van der Waals surface area (Å²) in [6.07, 6.45) is 0. The topological polar surface area (TPSA) is 66.4 Å². The summed E-state index contributed by atoms with van der Waals surface area (Å²) in [5, 5.41) is 12.1. The van der Waals surface area contributed by atoms with Gasteiger partial charge in [0.15, 0.2) is 0 Å². The van der Waals surface area contributed by atoms with E-state index in [2.05, 4.69) is 4.72 Å². The van der Waals surface area contributed by atoms with Crippen LogP contribution in [0.5, 0.6) is 0 Å². The van der Waals surface area contributed by atoms with E-state index in [0.717, 1.165) is 12.1 Å². The third kappa shape index (κ3) is 3.06. The SMILES string of the molecule is O=S(=O)(Nc1ccsc1)c1cc(F)c(Cl)c(CO)c1. The van der Waals surface area contributed by atoms with Crippen molar-refractivity contribution < 1.29 is 17.9 Å². The zero-order chi connectivity index (χ0) is 14.0. The van der Waals surface area contributed by atoms with Gasteiger partial charge in [-0.3, -0.25) is 4.72 Å². The van der Waals surface area contributed by atoms with Gasteiger partial charge in [-0.2, -0.15) is 11.3 Å². The normalized spacial score (nSPS) is 11.5. The van der Waals surface area contributed by atoms with Crippen LogP contribution in [0.1, 0.15) is 5.56 Å². The Hall–Kier alpha value is -1.15. The van der Waals surface area contributed by atoms with E-state index in [4.69, 9.17) is 16.7 Å². The molecule has 2 rings (SSSR count). The van der Waals surface area contributed by atoms with Gasteiger partial charge in [-0.25, -0.2) is 12.8 Å². The Morgan fingerprint density at radius 1 is 1.42 bits per heavy atom. The number of hydrogen-bond acceptors (Lipinski definition) is 4. The second-order valence-electron chi connectivity index (χ2n) is 3.65. The summed E-state index contributed by atoms with van der Waals surface area (Å²) in [6, 6.07) is 3.54. The average Bonchev–Trinajstić information content (AvgIpc) is 2.84. The lowest BCUT2D eigenvalue weighted by Crippen LogP contribution is -2.13. The molecule has 0 amide bonds. The van der Waals surface area contributed by atoms with Crippen LogP contribution in [0.3, 0.4) is 0 Å². The van der Waals surface area contributed by atoms with Crippen LogP contribution in [-0.2, 0) is 16.6 Å². The number of sulfonamides is 1. The van der Waals surface area contributed by atoms with Crippen molar-refractivity contribution in [2.45, 2.75) is 11.5 Å². The maximum atomic E-state index is 13.5. The molecule has 8 heteroatoms. The van der Waals surface area contributed by atoms with Crippen LogP contribution in [0.4, 0.5) is 10.1 Å². The molecule has 0 saturated heterocycles. The van der Waals surface area contributed by atoms with Gasteiger partial charge in [-0.1, -0.05) is 11.6 Å². The van der Waals surface area contributed by atoms with E-state index in [-0.39, 0.29) is 15.5 Å². The van der Waals surface area contributed by atoms with E-state index >= 15 is 0 Å². The average molecular weight is 322 g/mol. The maximum absolute atomic E-state index is 13.5. The number of rotatable bonds is 4. The maximum Gasteiger partial charge on any atom is 0.262 e. The summed E-state index contributed by atoms with van der Waals surface area (Å²) >= 11 is 6.94. The fraction of sp³-hybridized carbons (Fsp3) is 0.0909. The van der Waals surface area contributed by atoms with E-state index in [0.29, 0.717) is 5.69 Å². The molecule has 0 saturated carbocycles. The first kappa shape index (κ1) is 14.3. The number of benzene rings is 1. The van der Waals surface area contributed by atoms with Gasteiger partial charge in [0.2, 0.25) is 0 Å². The lowest BCUT2D eigenvalue weighted by molar-refractivity contribution is 0.281. The molecule has 0 aliphatic rings. The molecule has 0 aliphatic heterocycles. The molecular weight excluding hydrogens is 313 g/mol. The molecular formula is C11H9ClFNO3S2. The largest absolute Gasteiger partial charge is 0.392 e. The Morgan fingerprint density at radius 3 is 2.74 bits per heavy atom. The van der Waals surface area contributed by atoms with Crippen molar-refractivity contribution in [3.05, 3.63) is 45.4 Å². The molecule has 0 spiro atoms. The number of nitrogens with one attached hydrogen (secondary N) is 1. The standard InChI is InChI=1S/C11H9ClFNO3S2/c12-11-7(5-15)3-9(4-10(11)13)19(16,17)14-8-1-2-18-6-8/h1-4,6,14-15H,5H2. The van der Waals surface area contributed by atoms with Crippen molar-refractivity contribution in [1.29, 1.82) is 0 Å². The third-order valence-corrected chi connectivity index (χ3v) is 4.80. The number of thiophene rings is 1. The Morgan fingerprint density at radius 2 is 2.16 bits per heavy atom. The van der Waals surface area contributed by atoms with Crippen molar-refractivity contribution in [3.8, 4) is 0 Å². The van der Waals surface area contributed by atoms with Crippen molar-refractivity contribution in [1.82, 2.24) is 0 Å². The zero-order valence-electron chi connectivity index (χ0n) is 9.43. The van der Waals surface area contributed by atoms with Crippen molar-refractivity contribution in [2.24, 2.45) is 0 Å². The molecule has 0 aliphatic carbocycles. The van der Waals surface area contributed by atoms with E-state index in [1.54, 1.807) is 16.8 Å². The molecule has 0 bridgehead atoms. The van der Waals surface area contributed by atoms with Gasteiger partial charge in [0.25, 0.3) is 10.0 Å². The van der Waals surface area contributed by atoms with Crippen LogP contribution in [0, 0.1) is 5.82 Å². The lowest BCUT2D eigenvalue weighted by atomic mass is 10.2. The fourth-order valence-electron chi connectivity index (χ4n) is 1.43. The molecule has 2 aromatic rings. The first-order valence-electron chi connectivity index (χ1n) is 5.08. The molecule has 0 atom stereocenters. The highest BCUT2D eigenvalue weighted by Crippen LogP contribution is 2.26. The minimum absolute atomic E-state index is 0.0207. The number of halogens is 2. The fourth-order valence-corrected chi connectivity index (χ4v) is 3.37. The summed E-state index contributed by atoms with van der Waals surface area (Å²) in [5.74, 6) is -0.890. The second-order valence-corrected chi connectivity index (χ2v) is 6.49. The summed E-state index contributed by atoms with van der Waals surface area (Å²) in [7, 11) is -3.91. The van der Waals surface area contributed by atoms with E-state index in [1.165, 1.54) is 11.3 Å². The van der Waals surface area contributed by atoms with Crippen LogP contribution in [0.2, 0.25) is 5.02 Å². The highest BCUT2D eigenvalue weighted by Gasteiger charge is 2.19. The highest BCUT2D eigenvalue weighted by atomic mass is 35.5. The molecule has 1 aromatic heterocycles. The number of hydrogen-bond donors (Lipinski definition) is 2. The van der Waals surface area contributed by atoms with Gasteiger partial charge in [0.1, 0.15) is 5.82 Å². The zero-order valence-corrected chi connectivity index (χ0v) is 11.8. The number of aliphatic hydroxyl groups excluding tert-OH is 1. The van der Waals surface area contributed by atoms with Crippen LogP contribution in [-0.4, -0.2) is 13.5 Å². The minimum atomic E-state index is -3.91. The molecule has 0 unspecified atom stereocenters. The summed E-state index contributed by atoms with van der Waals surface area (Å²) < 4.78 is 39.9. The van der Waals surface area contributed by atoms with Crippen LogP contribution in [0.25, 0.3) is 0 Å². The van der Waals surface area contributed by atoms with E-state index in [9.17, 15) is 12.8 Å². The molecule has 0 fully saturated rings. The second kappa shape index (κ2) is 5.46.